The summed E-state index contributed by atoms with van der Waals surface area (Å²) in [6.07, 6.45) is 0. The Labute approximate surface area is 188 Å². The molecule has 2 aliphatic heterocycles. The molecule has 0 aliphatic carbocycles. The van der Waals surface area contributed by atoms with Crippen molar-refractivity contribution in [3.63, 3.8) is 0 Å². The Morgan fingerprint density at radius 1 is 1.16 bits per heavy atom. The maximum atomic E-state index is 13.3. The van der Waals surface area contributed by atoms with Crippen LogP contribution < -0.4 is 4.90 Å². The highest BCUT2D eigenvalue weighted by Crippen LogP contribution is 2.39. The van der Waals surface area contributed by atoms with Gasteiger partial charge in [-0.15, -0.1) is 0 Å². The average Bonchev–Trinajstić information content (AvgIpc) is 3.03. The second kappa shape index (κ2) is 9.30. The number of amides is 1. The SMILES string of the molecule is O=C1C(=O)N(CC[NH+]2CCOCC2)[C@@H](c2cccc(Br)c2)C1=C(O)c1ccc(F)cc1. The predicted molar refractivity (Wildman–Crippen MR) is 116 cm³/mol. The number of halogens is 2. The Hall–Kier alpha value is -2.55. The van der Waals surface area contributed by atoms with Gasteiger partial charge in [-0.1, -0.05) is 28.1 Å². The van der Waals surface area contributed by atoms with Gasteiger partial charge in [-0.3, -0.25) is 9.59 Å². The number of aliphatic hydroxyl groups excluding tert-OH is 1. The Morgan fingerprint density at radius 2 is 1.87 bits per heavy atom. The van der Waals surface area contributed by atoms with Crippen LogP contribution in [0.2, 0.25) is 0 Å². The van der Waals surface area contributed by atoms with Crippen LogP contribution in [0.4, 0.5) is 4.39 Å². The van der Waals surface area contributed by atoms with Crippen molar-refractivity contribution in [2.75, 3.05) is 39.4 Å². The van der Waals surface area contributed by atoms with Crippen LogP contribution in [0.25, 0.3) is 5.76 Å². The second-order valence-electron chi connectivity index (χ2n) is 7.67. The fourth-order valence-electron chi connectivity index (χ4n) is 4.09. The minimum atomic E-state index is -0.733. The van der Waals surface area contributed by atoms with E-state index in [4.69, 9.17) is 4.74 Å². The lowest BCUT2D eigenvalue weighted by Crippen LogP contribution is -3.14. The van der Waals surface area contributed by atoms with E-state index < -0.39 is 23.5 Å². The first-order valence-electron chi connectivity index (χ1n) is 10.2. The van der Waals surface area contributed by atoms with Gasteiger partial charge in [0.15, 0.2) is 0 Å². The van der Waals surface area contributed by atoms with Gasteiger partial charge in [-0.05, 0) is 42.0 Å². The van der Waals surface area contributed by atoms with E-state index in [0.29, 0.717) is 37.4 Å². The summed E-state index contributed by atoms with van der Waals surface area (Å²) in [6, 6.07) is 11.8. The normalized spacial score (nSPS) is 21.6. The van der Waals surface area contributed by atoms with E-state index in [0.717, 1.165) is 17.6 Å². The molecule has 2 saturated heterocycles. The largest absolute Gasteiger partial charge is 0.507 e. The van der Waals surface area contributed by atoms with Crippen LogP contribution in [-0.2, 0) is 14.3 Å². The number of benzene rings is 2. The average molecular weight is 490 g/mol. The summed E-state index contributed by atoms with van der Waals surface area (Å²) in [4.78, 5) is 28.8. The molecule has 2 aliphatic rings. The molecule has 2 aromatic rings. The highest BCUT2D eigenvalue weighted by atomic mass is 79.9. The monoisotopic (exact) mass is 489 g/mol. The Balaban J connectivity index is 1.73. The Kier molecular flexibility index (Phi) is 6.50. The summed E-state index contributed by atoms with van der Waals surface area (Å²) in [5.74, 6) is -2.12. The lowest BCUT2D eigenvalue weighted by molar-refractivity contribution is -0.907. The number of morpholine rings is 1. The zero-order valence-electron chi connectivity index (χ0n) is 16.8. The smallest absolute Gasteiger partial charge is 0.295 e. The lowest BCUT2D eigenvalue weighted by atomic mass is 9.95. The molecule has 6 nitrogen and oxygen atoms in total. The van der Waals surface area contributed by atoms with Crippen molar-refractivity contribution >= 4 is 33.4 Å². The number of hydrogen-bond acceptors (Lipinski definition) is 4. The van der Waals surface area contributed by atoms with Crippen molar-refractivity contribution in [2.45, 2.75) is 6.04 Å². The van der Waals surface area contributed by atoms with E-state index in [1.807, 2.05) is 24.3 Å². The number of ether oxygens (including phenoxy) is 1. The van der Waals surface area contributed by atoms with E-state index in [9.17, 15) is 19.1 Å². The van der Waals surface area contributed by atoms with Crippen LogP contribution in [-0.4, -0.2) is 61.1 Å². The number of carbonyl (C=O) groups is 2. The standard InChI is InChI=1S/C23H22BrFN2O4/c24-17-3-1-2-16(14-17)20-19(21(28)15-4-6-18(25)7-5-15)22(29)23(30)27(20)9-8-26-10-12-31-13-11-26/h1-7,14,20,28H,8-13H2/p+1/t20-/m0/s1. The third kappa shape index (κ3) is 4.56. The number of ketones is 1. The molecule has 0 spiro atoms. The number of nitrogens with one attached hydrogen (secondary N) is 1. The van der Waals surface area contributed by atoms with Crippen LogP contribution in [0, 0.1) is 5.82 Å². The molecule has 4 rings (SSSR count). The quantitative estimate of drug-likeness (QED) is 0.382. The molecule has 0 aromatic heterocycles. The number of Topliss-reactive ketones (excluding diaryl/α,β-unsaturated/α-hetero) is 1. The zero-order valence-corrected chi connectivity index (χ0v) is 18.4. The molecule has 2 fully saturated rings. The minimum absolute atomic E-state index is 0.0201. The summed E-state index contributed by atoms with van der Waals surface area (Å²) in [6.45, 7) is 4.10. The molecular formula is C23H23BrFN2O4+. The second-order valence-corrected chi connectivity index (χ2v) is 8.58. The predicted octanol–water partition coefficient (Wildman–Crippen LogP) is 1.93. The number of aliphatic hydroxyl groups is 1. The van der Waals surface area contributed by atoms with E-state index in [-0.39, 0.29) is 11.3 Å². The molecule has 2 aromatic carbocycles. The minimum Gasteiger partial charge on any atom is -0.507 e. The van der Waals surface area contributed by atoms with E-state index in [1.165, 1.54) is 34.1 Å². The van der Waals surface area contributed by atoms with Crippen molar-refractivity contribution in [1.82, 2.24) is 4.90 Å². The highest BCUT2D eigenvalue weighted by Gasteiger charge is 2.46. The number of quaternary nitrogens is 1. The third-order valence-corrected chi connectivity index (χ3v) is 6.22. The topological polar surface area (TPSA) is 71.3 Å². The van der Waals surface area contributed by atoms with Gasteiger partial charge in [0.25, 0.3) is 11.7 Å². The van der Waals surface area contributed by atoms with Gasteiger partial charge in [0.05, 0.1) is 37.9 Å². The number of rotatable bonds is 5. The molecule has 31 heavy (non-hydrogen) atoms. The molecule has 0 saturated carbocycles. The van der Waals surface area contributed by atoms with Gasteiger partial charge in [-0.25, -0.2) is 4.39 Å². The van der Waals surface area contributed by atoms with E-state index in [2.05, 4.69) is 15.9 Å². The summed E-state index contributed by atoms with van der Waals surface area (Å²) in [5, 5.41) is 11.0. The molecule has 1 amide bonds. The van der Waals surface area contributed by atoms with Crippen LogP contribution in [0.1, 0.15) is 17.2 Å². The van der Waals surface area contributed by atoms with Crippen molar-refractivity contribution < 1.29 is 28.7 Å². The number of nitrogens with zero attached hydrogens (tertiary/aromatic N) is 1. The van der Waals surface area contributed by atoms with Gasteiger partial charge >= 0.3 is 0 Å². The first-order chi connectivity index (χ1) is 15.0. The van der Waals surface area contributed by atoms with Crippen molar-refractivity contribution in [3.8, 4) is 0 Å². The first kappa shape index (κ1) is 21.7. The number of carbonyl (C=O) groups excluding carboxylic acids is 2. The Bertz CT molecular complexity index is 1020. The molecule has 162 valence electrons. The van der Waals surface area contributed by atoms with Crippen LogP contribution in [0.3, 0.4) is 0 Å². The molecular weight excluding hydrogens is 467 g/mol. The third-order valence-electron chi connectivity index (χ3n) is 5.73. The molecule has 0 unspecified atom stereocenters. The summed E-state index contributed by atoms with van der Waals surface area (Å²) < 4.78 is 19.5. The van der Waals surface area contributed by atoms with Crippen LogP contribution >= 0.6 is 15.9 Å². The Morgan fingerprint density at radius 3 is 2.55 bits per heavy atom. The molecule has 1 atom stereocenters. The van der Waals surface area contributed by atoms with Crippen LogP contribution in [0.15, 0.2) is 58.6 Å². The fourth-order valence-corrected chi connectivity index (χ4v) is 4.50. The van der Waals surface area contributed by atoms with Gasteiger partial charge in [0.1, 0.15) is 24.7 Å². The summed E-state index contributed by atoms with van der Waals surface area (Å²) >= 11 is 3.44. The summed E-state index contributed by atoms with van der Waals surface area (Å²) in [7, 11) is 0. The highest BCUT2D eigenvalue weighted by molar-refractivity contribution is 9.10. The van der Waals surface area contributed by atoms with E-state index >= 15 is 0 Å². The molecule has 2 N–H and O–H groups in total. The molecule has 0 radical (unpaired) electrons. The molecule has 8 heteroatoms. The van der Waals surface area contributed by atoms with Crippen molar-refractivity contribution in [1.29, 1.82) is 0 Å². The van der Waals surface area contributed by atoms with Gasteiger partial charge in [-0.2, -0.15) is 0 Å². The maximum absolute atomic E-state index is 13.3. The number of hydrogen-bond donors (Lipinski definition) is 2. The molecule has 2 heterocycles. The van der Waals surface area contributed by atoms with Gasteiger partial charge in [0, 0.05) is 10.0 Å². The summed E-state index contributed by atoms with van der Waals surface area (Å²) in [5.41, 5.74) is 1.03. The van der Waals surface area contributed by atoms with Crippen LogP contribution in [0.5, 0.6) is 0 Å². The maximum Gasteiger partial charge on any atom is 0.295 e. The van der Waals surface area contributed by atoms with Gasteiger partial charge < -0.3 is 19.6 Å². The van der Waals surface area contributed by atoms with Crippen molar-refractivity contribution in [2.24, 2.45) is 0 Å². The lowest BCUT2D eigenvalue weighted by Gasteiger charge is -2.29. The van der Waals surface area contributed by atoms with Crippen molar-refractivity contribution in [3.05, 3.63) is 75.5 Å². The van der Waals surface area contributed by atoms with Gasteiger partial charge in [0.2, 0.25) is 0 Å². The molecule has 0 bridgehead atoms. The van der Waals surface area contributed by atoms with E-state index in [1.54, 1.807) is 0 Å². The first-order valence-corrected chi connectivity index (χ1v) is 11.0. The fraction of sp³-hybridized carbons (Fsp3) is 0.304. The zero-order chi connectivity index (χ0) is 22.0. The number of likely N-dealkylation sites (tertiary alicyclic amines) is 1.